The zero-order valence-corrected chi connectivity index (χ0v) is 27.4. The standard InChI is InChI=1S/C38H38F4N2O4/c1-5-7-10-25(6-2)21-44-34-18-15-27(23(3)43-48-24(4)45)19-31(34)32-20-33(29-11-8-9-12-30(29)35(32)44)36(46)26-13-16-28(17-14-26)47-22-38(41,42)37(39)40/h8-9,11-20,25,37H,5-7,10,21-22H2,1-4H3/b43-23-. The summed E-state index contributed by atoms with van der Waals surface area (Å²) >= 11 is 0. The van der Waals surface area contributed by atoms with Gasteiger partial charge in [0.2, 0.25) is 0 Å². The van der Waals surface area contributed by atoms with Crippen LogP contribution in [-0.4, -0.2) is 41.0 Å². The summed E-state index contributed by atoms with van der Waals surface area (Å²) < 4.78 is 59.1. The summed E-state index contributed by atoms with van der Waals surface area (Å²) in [6.07, 6.45) is 0.495. The van der Waals surface area contributed by atoms with E-state index in [9.17, 15) is 27.2 Å². The number of carbonyl (C=O) groups is 2. The third-order valence-electron chi connectivity index (χ3n) is 8.69. The van der Waals surface area contributed by atoms with Crippen molar-refractivity contribution in [1.82, 2.24) is 4.57 Å². The minimum absolute atomic E-state index is 0.0536. The van der Waals surface area contributed by atoms with Gasteiger partial charge in [-0.2, -0.15) is 8.78 Å². The van der Waals surface area contributed by atoms with Crippen molar-refractivity contribution in [3.05, 3.63) is 89.5 Å². The van der Waals surface area contributed by atoms with Crippen molar-refractivity contribution >= 4 is 50.0 Å². The van der Waals surface area contributed by atoms with Gasteiger partial charge in [0.15, 0.2) is 12.4 Å². The molecule has 0 spiro atoms. The summed E-state index contributed by atoms with van der Waals surface area (Å²) in [6.45, 7) is 6.75. The van der Waals surface area contributed by atoms with E-state index in [0.29, 0.717) is 17.2 Å². The van der Waals surface area contributed by atoms with E-state index >= 15 is 0 Å². The number of hydrogen-bond donors (Lipinski definition) is 0. The van der Waals surface area contributed by atoms with E-state index in [1.807, 2.05) is 48.5 Å². The molecule has 0 saturated heterocycles. The zero-order chi connectivity index (χ0) is 34.6. The average Bonchev–Trinajstić information content (AvgIpc) is 3.39. The van der Waals surface area contributed by atoms with Crippen molar-refractivity contribution < 1.29 is 36.7 Å². The number of alkyl halides is 4. The number of oxime groups is 1. The number of halogens is 4. The lowest BCUT2D eigenvalue weighted by atomic mass is 9.94. The molecule has 1 unspecified atom stereocenters. The Balaban J connectivity index is 1.66. The highest BCUT2D eigenvalue weighted by atomic mass is 19.3. The highest BCUT2D eigenvalue weighted by Crippen LogP contribution is 2.39. The Morgan fingerprint density at radius 3 is 2.21 bits per heavy atom. The van der Waals surface area contributed by atoms with Gasteiger partial charge in [0.05, 0.1) is 11.2 Å². The van der Waals surface area contributed by atoms with Crippen LogP contribution in [0.1, 0.15) is 74.9 Å². The van der Waals surface area contributed by atoms with Crippen molar-refractivity contribution in [2.45, 2.75) is 72.3 Å². The first-order chi connectivity index (χ1) is 22.9. The summed E-state index contributed by atoms with van der Waals surface area (Å²) in [5.74, 6) is -4.72. The molecule has 252 valence electrons. The minimum atomic E-state index is -4.29. The van der Waals surface area contributed by atoms with E-state index in [1.54, 1.807) is 6.92 Å². The quantitative estimate of drug-likeness (QED) is 0.0390. The molecule has 0 aliphatic heterocycles. The molecule has 6 nitrogen and oxygen atoms in total. The van der Waals surface area contributed by atoms with Crippen LogP contribution in [0.15, 0.2) is 78.0 Å². The summed E-state index contributed by atoms with van der Waals surface area (Å²) in [5, 5.41) is 7.42. The van der Waals surface area contributed by atoms with Crippen molar-refractivity contribution in [3.63, 3.8) is 0 Å². The van der Waals surface area contributed by atoms with Gasteiger partial charge in [-0.1, -0.05) is 68.6 Å². The van der Waals surface area contributed by atoms with E-state index in [2.05, 4.69) is 23.6 Å². The summed E-state index contributed by atoms with van der Waals surface area (Å²) in [7, 11) is 0. The molecule has 0 radical (unpaired) electrons. The molecule has 0 aliphatic rings. The third-order valence-corrected chi connectivity index (χ3v) is 8.69. The number of carbonyl (C=O) groups excluding carboxylic acids is 2. The first-order valence-corrected chi connectivity index (χ1v) is 16.1. The Bertz CT molecular complexity index is 1980. The lowest BCUT2D eigenvalue weighted by Gasteiger charge is -2.18. The van der Waals surface area contributed by atoms with Gasteiger partial charge in [0, 0.05) is 46.3 Å². The lowest BCUT2D eigenvalue weighted by Crippen LogP contribution is -2.33. The fourth-order valence-corrected chi connectivity index (χ4v) is 6.03. The lowest BCUT2D eigenvalue weighted by molar-refractivity contribution is -0.148. The molecule has 48 heavy (non-hydrogen) atoms. The van der Waals surface area contributed by atoms with Crippen LogP contribution in [0.25, 0.3) is 32.6 Å². The molecule has 1 heterocycles. The fraction of sp³-hybridized carbons (Fsp3) is 0.342. The van der Waals surface area contributed by atoms with Crippen molar-refractivity contribution in [2.75, 3.05) is 6.61 Å². The second-order valence-corrected chi connectivity index (χ2v) is 12.1. The topological polar surface area (TPSA) is 69.9 Å². The molecule has 10 heteroatoms. The molecule has 5 rings (SSSR count). The first-order valence-electron chi connectivity index (χ1n) is 16.1. The second-order valence-electron chi connectivity index (χ2n) is 12.1. The molecule has 1 atom stereocenters. The number of fused-ring (bicyclic) bond motifs is 5. The number of nitrogens with zero attached hydrogens (tertiary/aromatic N) is 2. The smallest absolute Gasteiger partial charge is 0.340 e. The molecule has 4 aromatic carbocycles. The highest BCUT2D eigenvalue weighted by molar-refractivity contribution is 6.26. The van der Waals surface area contributed by atoms with Crippen molar-refractivity contribution in [1.29, 1.82) is 0 Å². The third kappa shape index (κ3) is 7.22. The van der Waals surface area contributed by atoms with Crippen LogP contribution in [0.3, 0.4) is 0 Å². The van der Waals surface area contributed by atoms with Gasteiger partial charge in [-0.25, -0.2) is 13.6 Å². The molecular formula is C38H38F4N2O4. The van der Waals surface area contributed by atoms with Crippen LogP contribution >= 0.6 is 0 Å². The first kappa shape index (κ1) is 34.6. The van der Waals surface area contributed by atoms with Crippen molar-refractivity contribution in [2.24, 2.45) is 11.1 Å². The van der Waals surface area contributed by atoms with Crippen molar-refractivity contribution in [3.8, 4) is 5.75 Å². The number of rotatable bonds is 14. The van der Waals surface area contributed by atoms with Gasteiger partial charge in [-0.3, -0.25) is 4.79 Å². The number of ketones is 1. The van der Waals surface area contributed by atoms with Gasteiger partial charge in [-0.15, -0.1) is 0 Å². The molecule has 0 bridgehead atoms. The van der Waals surface area contributed by atoms with Crippen LogP contribution in [0, 0.1) is 5.92 Å². The Morgan fingerprint density at radius 1 is 0.875 bits per heavy atom. The maximum atomic E-state index is 14.1. The number of aromatic nitrogens is 1. The van der Waals surface area contributed by atoms with Crippen LogP contribution in [-0.2, 0) is 16.2 Å². The molecule has 0 fully saturated rings. The molecule has 5 aromatic rings. The summed E-state index contributed by atoms with van der Waals surface area (Å²) in [5.41, 5.74) is 4.02. The Morgan fingerprint density at radius 2 is 1.56 bits per heavy atom. The van der Waals surface area contributed by atoms with E-state index < -0.39 is 24.9 Å². The van der Waals surface area contributed by atoms with Crippen LogP contribution in [0.2, 0.25) is 0 Å². The SMILES string of the molecule is CCCCC(CC)Cn1c2ccc(/C(C)=N\OC(C)=O)cc2c2cc(C(=O)c3ccc(OCC(F)(F)C(F)F)cc3)c3ccccc3c21. The van der Waals surface area contributed by atoms with E-state index in [0.717, 1.165) is 70.4 Å². The molecule has 0 saturated carbocycles. The Labute approximate surface area is 276 Å². The van der Waals surface area contributed by atoms with Gasteiger partial charge < -0.3 is 14.1 Å². The molecule has 0 aliphatic carbocycles. The van der Waals surface area contributed by atoms with Gasteiger partial charge in [-0.05, 0) is 72.7 Å². The normalized spacial score (nSPS) is 13.1. The van der Waals surface area contributed by atoms with E-state index in [1.165, 1.54) is 31.2 Å². The summed E-state index contributed by atoms with van der Waals surface area (Å²) in [4.78, 5) is 30.4. The predicted octanol–water partition coefficient (Wildman–Crippen LogP) is 9.96. The van der Waals surface area contributed by atoms with Gasteiger partial charge in [0.1, 0.15) is 5.75 Å². The number of hydrogen-bond acceptors (Lipinski definition) is 5. The van der Waals surface area contributed by atoms with E-state index in [4.69, 9.17) is 9.57 Å². The van der Waals surface area contributed by atoms with Gasteiger partial charge >= 0.3 is 18.3 Å². The van der Waals surface area contributed by atoms with Crippen LogP contribution < -0.4 is 4.74 Å². The minimum Gasteiger partial charge on any atom is -0.487 e. The van der Waals surface area contributed by atoms with Crippen LogP contribution in [0.5, 0.6) is 5.75 Å². The van der Waals surface area contributed by atoms with E-state index in [-0.39, 0.29) is 17.1 Å². The number of unbranched alkanes of at least 4 members (excludes halogenated alkanes) is 1. The maximum Gasteiger partial charge on any atom is 0.340 e. The largest absolute Gasteiger partial charge is 0.487 e. The number of benzene rings is 4. The second kappa shape index (κ2) is 14.6. The average molecular weight is 663 g/mol. The Kier molecular flexibility index (Phi) is 10.5. The molecule has 0 amide bonds. The molecular weight excluding hydrogens is 624 g/mol. The molecule has 0 N–H and O–H groups in total. The predicted molar refractivity (Wildman–Crippen MR) is 181 cm³/mol. The van der Waals surface area contributed by atoms with Gasteiger partial charge in [0.25, 0.3) is 0 Å². The summed E-state index contributed by atoms with van der Waals surface area (Å²) in [6, 6.07) is 21.1. The Hall–Kier alpha value is -4.73. The molecule has 1 aromatic heterocycles. The zero-order valence-electron chi connectivity index (χ0n) is 27.4. The number of ether oxygens (including phenoxy) is 1. The fourth-order valence-electron chi connectivity index (χ4n) is 6.03. The highest BCUT2D eigenvalue weighted by Gasteiger charge is 2.41. The monoisotopic (exact) mass is 662 g/mol. The maximum absolute atomic E-state index is 14.1. The van der Waals surface area contributed by atoms with Crippen LogP contribution in [0.4, 0.5) is 17.6 Å².